The van der Waals surface area contributed by atoms with E-state index in [0.29, 0.717) is 12.6 Å². The molecule has 1 aliphatic rings. The normalized spacial score (nSPS) is 22.3. The van der Waals surface area contributed by atoms with Crippen LogP contribution in [-0.4, -0.2) is 43.0 Å². The number of hydrogen-bond donors (Lipinski definition) is 0. The molecular formula is C14H17FN2. The van der Waals surface area contributed by atoms with Gasteiger partial charge in [-0.05, 0) is 24.7 Å². The van der Waals surface area contributed by atoms with E-state index in [1.54, 1.807) is 0 Å². The van der Waals surface area contributed by atoms with Gasteiger partial charge in [-0.1, -0.05) is 18.1 Å². The fraction of sp³-hybridized carbons (Fsp3) is 0.429. The van der Waals surface area contributed by atoms with E-state index >= 15 is 0 Å². The number of rotatable bonds is 2. The van der Waals surface area contributed by atoms with Crippen LogP contribution in [0.25, 0.3) is 0 Å². The van der Waals surface area contributed by atoms with Gasteiger partial charge in [-0.15, -0.1) is 6.42 Å². The largest absolute Gasteiger partial charge is 0.297 e. The number of piperazine rings is 1. The fourth-order valence-corrected chi connectivity index (χ4v) is 2.25. The maximum atomic E-state index is 12.9. The molecule has 1 aromatic rings. The Bertz CT molecular complexity index is 407. The first-order valence-corrected chi connectivity index (χ1v) is 5.82. The average Bonchev–Trinajstić information content (AvgIpc) is 2.33. The number of nitrogens with zero attached hydrogens (tertiary/aromatic N) is 2. The molecule has 1 atom stereocenters. The number of hydrogen-bond acceptors (Lipinski definition) is 2. The molecule has 90 valence electrons. The minimum absolute atomic E-state index is 0.187. The predicted molar refractivity (Wildman–Crippen MR) is 67.0 cm³/mol. The van der Waals surface area contributed by atoms with E-state index in [1.165, 1.54) is 12.1 Å². The van der Waals surface area contributed by atoms with Gasteiger partial charge in [0.15, 0.2) is 0 Å². The van der Waals surface area contributed by atoms with Gasteiger partial charge < -0.3 is 0 Å². The standard InChI is InChI=1S/C14H17FN2/c1-3-8-17-10-9-16(2)14(11-17)12-4-6-13(15)7-5-12/h1,4-7,14H,8-11H2,2H3. The molecule has 0 aromatic heterocycles. The smallest absolute Gasteiger partial charge is 0.123 e. The highest BCUT2D eigenvalue weighted by atomic mass is 19.1. The lowest BCUT2D eigenvalue weighted by Crippen LogP contribution is -2.46. The van der Waals surface area contributed by atoms with Gasteiger partial charge in [0.2, 0.25) is 0 Å². The molecule has 1 fully saturated rings. The highest BCUT2D eigenvalue weighted by Crippen LogP contribution is 2.23. The Morgan fingerprint density at radius 3 is 2.71 bits per heavy atom. The molecule has 2 rings (SSSR count). The quantitative estimate of drug-likeness (QED) is 0.717. The van der Waals surface area contributed by atoms with Crippen LogP contribution in [0, 0.1) is 18.2 Å². The topological polar surface area (TPSA) is 6.48 Å². The van der Waals surface area contributed by atoms with Gasteiger partial charge in [0.05, 0.1) is 6.54 Å². The summed E-state index contributed by atoms with van der Waals surface area (Å²) >= 11 is 0. The van der Waals surface area contributed by atoms with Crippen LogP contribution in [0.2, 0.25) is 0 Å². The van der Waals surface area contributed by atoms with E-state index in [2.05, 4.69) is 22.8 Å². The van der Waals surface area contributed by atoms with E-state index in [-0.39, 0.29) is 5.82 Å². The van der Waals surface area contributed by atoms with Crippen LogP contribution in [-0.2, 0) is 0 Å². The van der Waals surface area contributed by atoms with Crippen LogP contribution < -0.4 is 0 Å². The third-order valence-corrected chi connectivity index (χ3v) is 3.30. The van der Waals surface area contributed by atoms with Gasteiger partial charge in [0.25, 0.3) is 0 Å². The van der Waals surface area contributed by atoms with Crippen molar-refractivity contribution in [2.24, 2.45) is 0 Å². The van der Waals surface area contributed by atoms with Crippen LogP contribution >= 0.6 is 0 Å². The molecule has 0 N–H and O–H groups in total. The van der Waals surface area contributed by atoms with Crippen molar-refractivity contribution in [3.05, 3.63) is 35.6 Å². The van der Waals surface area contributed by atoms with Crippen LogP contribution in [0.4, 0.5) is 4.39 Å². The first-order valence-electron chi connectivity index (χ1n) is 5.82. The molecule has 0 bridgehead atoms. The first kappa shape index (κ1) is 12.1. The molecule has 0 aliphatic carbocycles. The Hall–Kier alpha value is -1.37. The van der Waals surface area contributed by atoms with Crippen molar-refractivity contribution in [2.45, 2.75) is 6.04 Å². The minimum Gasteiger partial charge on any atom is -0.297 e. The van der Waals surface area contributed by atoms with Crippen molar-refractivity contribution in [1.29, 1.82) is 0 Å². The average molecular weight is 232 g/mol. The van der Waals surface area contributed by atoms with E-state index in [0.717, 1.165) is 25.2 Å². The first-order chi connectivity index (χ1) is 8.20. The molecule has 0 saturated carbocycles. The molecular weight excluding hydrogens is 215 g/mol. The molecule has 1 aromatic carbocycles. The zero-order chi connectivity index (χ0) is 12.3. The zero-order valence-electron chi connectivity index (χ0n) is 10.1. The summed E-state index contributed by atoms with van der Waals surface area (Å²) in [5, 5.41) is 0. The van der Waals surface area contributed by atoms with E-state index in [4.69, 9.17) is 6.42 Å². The molecule has 3 heteroatoms. The third kappa shape index (κ3) is 2.85. The Morgan fingerprint density at radius 1 is 1.35 bits per heavy atom. The van der Waals surface area contributed by atoms with Crippen molar-refractivity contribution in [1.82, 2.24) is 9.80 Å². The molecule has 17 heavy (non-hydrogen) atoms. The van der Waals surface area contributed by atoms with Gasteiger partial charge in [-0.3, -0.25) is 9.80 Å². The molecule has 0 radical (unpaired) electrons. The summed E-state index contributed by atoms with van der Waals surface area (Å²) in [6, 6.07) is 7.05. The van der Waals surface area contributed by atoms with E-state index in [1.807, 2.05) is 12.1 Å². The zero-order valence-corrected chi connectivity index (χ0v) is 10.1. The highest BCUT2D eigenvalue weighted by molar-refractivity contribution is 5.21. The molecule has 0 spiro atoms. The predicted octanol–water partition coefficient (Wildman–Crippen LogP) is 1.75. The van der Waals surface area contributed by atoms with Crippen LogP contribution in [0.5, 0.6) is 0 Å². The maximum Gasteiger partial charge on any atom is 0.123 e. The summed E-state index contributed by atoms with van der Waals surface area (Å²) in [5.74, 6) is 2.49. The lowest BCUT2D eigenvalue weighted by atomic mass is 10.0. The third-order valence-electron chi connectivity index (χ3n) is 3.30. The van der Waals surface area contributed by atoms with Crippen LogP contribution in [0.1, 0.15) is 11.6 Å². The molecule has 2 nitrogen and oxygen atoms in total. The Kier molecular flexibility index (Phi) is 3.78. The SMILES string of the molecule is C#CCN1CCN(C)C(c2ccc(F)cc2)C1. The summed E-state index contributed by atoms with van der Waals surface area (Å²) in [6.45, 7) is 3.58. The second kappa shape index (κ2) is 5.31. The van der Waals surface area contributed by atoms with Gasteiger partial charge >= 0.3 is 0 Å². The maximum absolute atomic E-state index is 12.9. The Labute approximate surface area is 102 Å². The molecule has 0 amide bonds. The number of terminal acetylenes is 1. The molecule has 1 saturated heterocycles. The van der Waals surface area contributed by atoms with Crippen LogP contribution in [0.15, 0.2) is 24.3 Å². The summed E-state index contributed by atoms with van der Waals surface area (Å²) in [6.07, 6.45) is 5.34. The second-order valence-electron chi connectivity index (χ2n) is 4.49. The Morgan fingerprint density at radius 2 is 2.06 bits per heavy atom. The van der Waals surface area contributed by atoms with E-state index < -0.39 is 0 Å². The Balaban J connectivity index is 2.12. The van der Waals surface area contributed by atoms with E-state index in [9.17, 15) is 4.39 Å². The molecule has 1 unspecified atom stereocenters. The van der Waals surface area contributed by atoms with Gasteiger partial charge in [-0.2, -0.15) is 0 Å². The summed E-state index contributed by atoms with van der Waals surface area (Å²) < 4.78 is 12.9. The van der Waals surface area contributed by atoms with Crippen molar-refractivity contribution in [2.75, 3.05) is 33.2 Å². The highest BCUT2D eigenvalue weighted by Gasteiger charge is 2.24. The van der Waals surface area contributed by atoms with Crippen molar-refractivity contribution in [3.8, 4) is 12.3 Å². The van der Waals surface area contributed by atoms with Gasteiger partial charge in [0, 0.05) is 25.7 Å². The monoisotopic (exact) mass is 232 g/mol. The lowest BCUT2D eigenvalue weighted by molar-refractivity contribution is 0.106. The van der Waals surface area contributed by atoms with Crippen molar-refractivity contribution < 1.29 is 4.39 Å². The van der Waals surface area contributed by atoms with Gasteiger partial charge in [0.1, 0.15) is 5.82 Å². The summed E-state index contributed by atoms with van der Waals surface area (Å²) in [5.41, 5.74) is 1.15. The second-order valence-corrected chi connectivity index (χ2v) is 4.49. The number of halogens is 1. The lowest BCUT2D eigenvalue weighted by Gasteiger charge is -2.39. The molecule has 1 aliphatic heterocycles. The van der Waals surface area contributed by atoms with Crippen molar-refractivity contribution in [3.63, 3.8) is 0 Å². The van der Waals surface area contributed by atoms with Crippen LogP contribution in [0.3, 0.4) is 0 Å². The number of benzene rings is 1. The number of likely N-dealkylation sites (N-methyl/N-ethyl adjacent to an activating group) is 1. The summed E-state index contributed by atoms with van der Waals surface area (Å²) in [7, 11) is 2.10. The van der Waals surface area contributed by atoms with Crippen molar-refractivity contribution >= 4 is 0 Å². The summed E-state index contributed by atoms with van der Waals surface area (Å²) in [4.78, 5) is 4.55. The molecule has 1 heterocycles. The minimum atomic E-state index is -0.187. The fourth-order valence-electron chi connectivity index (χ4n) is 2.25. The van der Waals surface area contributed by atoms with Gasteiger partial charge in [-0.25, -0.2) is 4.39 Å².